The van der Waals surface area contributed by atoms with Crippen molar-refractivity contribution in [1.29, 1.82) is 0 Å². The Morgan fingerprint density at radius 1 is 1.13 bits per heavy atom. The van der Waals surface area contributed by atoms with Crippen LogP contribution in [0.5, 0.6) is 5.75 Å². The number of aryl methyl sites for hydroxylation is 1. The van der Waals surface area contributed by atoms with Crippen molar-refractivity contribution < 1.29 is 14.3 Å². The summed E-state index contributed by atoms with van der Waals surface area (Å²) >= 11 is 1.65. The lowest BCUT2D eigenvalue weighted by Gasteiger charge is -2.26. The lowest BCUT2D eigenvalue weighted by molar-refractivity contribution is -0.116. The van der Waals surface area contributed by atoms with Crippen molar-refractivity contribution in [2.45, 2.75) is 12.8 Å². The number of rotatable bonds is 7. The van der Waals surface area contributed by atoms with E-state index in [-0.39, 0.29) is 5.91 Å². The molecule has 2 heterocycles. The first-order valence-corrected chi connectivity index (χ1v) is 10.9. The number of hydrogen-bond acceptors (Lipinski definition) is 6. The van der Waals surface area contributed by atoms with Gasteiger partial charge in [0.25, 0.3) is 0 Å². The number of amides is 1. The molecule has 0 saturated carbocycles. The average Bonchev–Trinajstić information content (AvgIpc) is 3.29. The monoisotopic (exact) mass is 423 g/mol. The summed E-state index contributed by atoms with van der Waals surface area (Å²) in [6.45, 7) is 3.27. The topological polar surface area (TPSA) is 63.7 Å². The number of benzene rings is 2. The van der Waals surface area contributed by atoms with Gasteiger partial charge in [-0.15, -0.1) is 11.3 Å². The first-order valence-electron chi connectivity index (χ1n) is 10.0. The number of hydrogen-bond donors (Lipinski definition) is 1. The zero-order valence-electron chi connectivity index (χ0n) is 17.0. The number of morpholine rings is 1. The van der Waals surface area contributed by atoms with Gasteiger partial charge in [0.05, 0.1) is 26.0 Å². The van der Waals surface area contributed by atoms with E-state index in [2.05, 4.69) is 15.6 Å². The molecule has 0 bridgehead atoms. The van der Waals surface area contributed by atoms with E-state index in [9.17, 15) is 4.79 Å². The van der Waals surface area contributed by atoms with Crippen LogP contribution < -0.4 is 15.0 Å². The van der Waals surface area contributed by atoms with Gasteiger partial charge in [0.15, 0.2) is 5.13 Å². The predicted octanol–water partition coefficient (Wildman–Crippen LogP) is 4.23. The van der Waals surface area contributed by atoms with Gasteiger partial charge < -0.3 is 19.7 Å². The van der Waals surface area contributed by atoms with E-state index in [4.69, 9.17) is 14.5 Å². The first-order chi connectivity index (χ1) is 14.7. The molecule has 0 atom stereocenters. The lowest BCUT2D eigenvalue weighted by Crippen LogP contribution is -2.36. The zero-order valence-corrected chi connectivity index (χ0v) is 17.8. The molecule has 0 unspecified atom stereocenters. The molecule has 30 heavy (non-hydrogen) atoms. The van der Waals surface area contributed by atoms with Gasteiger partial charge in [-0.2, -0.15) is 0 Å². The minimum absolute atomic E-state index is 0.00169. The average molecular weight is 424 g/mol. The smallest absolute Gasteiger partial charge is 0.224 e. The summed E-state index contributed by atoms with van der Waals surface area (Å²) in [5.41, 5.74) is 3.91. The quantitative estimate of drug-likeness (QED) is 0.616. The number of methoxy groups -OCH3 is 1. The highest BCUT2D eigenvalue weighted by Gasteiger charge is 2.15. The third-order valence-electron chi connectivity index (χ3n) is 5.04. The third kappa shape index (κ3) is 5.17. The maximum absolute atomic E-state index is 12.3. The molecule has 6 nitrogen and oxygen atoms in total. The molecule has 156 valence electrons. The highest BCUT2D eigenvalue weighted by atomic mass is 32.1. The van der Waals surface area contributed by atoms with Gasteiger partial charge in [-0.25, -0.2) is 4.98 Å². The molecule has 7 heteroatoms. The van der Waals surface area contributed by atoms with E-state index in [0.29, 0.717) is 12.8 Å². The third-order valence-corrected chi connectivity index (χ3v) is 5.94. The second kappa shape index (κ2) is 9.73. The molecule has 1 amide bonds. The predicted molar refractivity (Wildman–Crippen MR) is 121 cm³/mol. The van der Waals surface area contributed by atoms with Crippen molar-refractivity contribution in [3.8, 4) is 17.0 Å². The highest BCUT2D eigenvalue weighted by Crippen LogP contribution is 2.28. The molecule has 1 aliphatic rings. The number of carbonyl (C=O) groups is 1. The zero-order chi connectivity index (χ0) is 20.8. The van der Waals surface area contributed by atoms with Crippen LogP contribution in [0.1, 0.15) is 12.0 Å². The van der Waals surface area contributed by atoms with E-state index >= 15 is 0 Å². The Hall–Kier alpha value is -2.90. The largest absolute Gasteiger partial charge is 0.497 e. The van der Waals surface area contributed by atoms with E-state index < -0.39 is 0 Å². The van der Waals surface area contributed by atoms with Crippen LogP contribution in [0.25, 0.3) is 11.3 Å². The number of ether oxygens (including phenoxy) is 2. The molecule has 0 radical (unpaired) electrons. The van der Waals surface area contributed by atoms with Crippen LogP contribution in [-0.4, -0.2) is 44.3 Å². The number of carbonyl (C=O) groups excluding carboxylic acids is 1. The summed E-state index contributed by atoms with van der Waals surface area (Å²) in [4.78, 5) is 19.3. The molecule has 0 spiro atoms. The van der Waals surface area contributed by atoms with Crippen molar-refractivity contribution in [1.82, 2.24) is 4.98 Å². The molecule has 2 aromatic carbocycles. The van der Waals surface area contributed by atoms with Crippen molar-refractivity contribution in [3.63, 3.8) is 0 Å². The number of anilines is 2. The van der Waals surface area contributed by atoms with Gasteiger partial charge in [-0.3, -0.25) is 4.79 Å². The molecule has 1 saturated heterocycles. The Kier molecular flexibility index (Phi) is 6.61. The van der Waals surface area contributed by atoms with Crippen LogP contribution in [-0.2, 0) is 16.0 Å². The van der Waals surface area contributed by atoms with Gasteiger partial charge >= 0.3 is 0 Å². The maximum atomic E-state index is 12.3. The molecule has 0 aliphatic carbocycles. The number of nitrogens with zero attached hydrogens (tertiary/aromatic N) is 2. The van der Waals surface area contributed by atoms with Crippen molar-refractivity contribution >= 4 is 28.1 Å². The summed E-state index contributed by atoms with van der Waals surface area (Å²) in [6.07, 6.45) is 1.13. The van der Waals surface area contributed by atoms with E-state index in [1.54, 1.807) is 18.4 Å². The molecular weight excluding hydrogens is 398 g/mol. The van der Waals surface area contributed by atoms with Crippen molar-refractivity contribution in [2.24, 2.45) is 0 Å². The number of thiazole rings is 1. The van der Waals surface area contributed by atoms with Gasteiger partial charge in [0, 0.05) is 36.1 Å². The fourth-order valence-corrected chi connectivity index (χ4v) is 4.18. The summed E-state index contributed by atoms with van der Waals surface area (Å²) in [5, 5.41) is 6.08. The maximum Gasteiger partial charge on any atom is 0.224 e. The Morgan fingerprint density at radius 2 is 1.87 bits per heavy atom. The van der Waals surface area contributed by atoms with Crippen molar-refractivity contribution in [2.75, 3.05) is 43.6 Å². The molecule has 1 fully saturated rings. The SMILES string of the molecule is COc1ccc(CCC(=O)Nc2ccc(-c3csc(N4CCOCC4)n3)cc2)cc1. The molecule has 1 aromatic heterocycles. The van der Waals surface area contributed by atoms with Gasteiger partial charge in [-0.1, -0.05) is 24.3 Å². The Morgan fingerprint density at radius 3 is 2.57 bits per heavy atom. The Balaban J connectivity index is 1.30. The summed E-state index contributed by atoms with van der Waals surface area (Å²) in [6, 6.07) is 15.6. The number of aromatic nitrogens is 1. The summed E-state index contributed by atoms with van der Waals surface area (Å²) in [5.74, 6) is 0.822. The second-order valence-corrected chi connectivity index (χ2v) is 7.92. The van der Waals surface area contributed by atoms with Crippen LogP contribution in [0.4, 0.5) is 10.8 Å². The lowest BCUT2D eigenvalue weighted by atomic mass is 10.1. The fourth-order valence-electron chi connectivity index (χ4n) is 3.29. The molecule has 1 aliphatic heterocycles. The first kappa shape index (κ1) is 20.4. The fraction of sp³-hybridized carbons (Fsp3) is 0.304. The van der Waals surface area contributed by atoms with Gasteiger partial charge in [-0.05, 0) is 36.2 Å². The Bertz CT molecular complexity index is 964. The van der Waals surface area contributed by atoms with Gasteiger partial charge in [0.2, 0.25) is 5.91 Å². The van der Waals surface area contributed by atoms with Crippen molar-refractivity contribution in [3.05, 3.63) is 59.5 Å². The van der Waals surface area contributed by atoms with E-state index in [0.717, 1.165) is 59.7 Å². The molecule has 1 N–H and O–H groups in total. The molecular formula is C23H25N3O3S. The summed E-state index contributed by atoms with van der Waals surface area (Å²) < 4.78 is 10.6. The minimum atomic E-state index is 0.00169. The van der Waals surface area contributed by atoms with Crippen LogP contribution >= 0.6 is 11.3 Å². The minimum Gasteiger partial charge on any atom is -0.497 e. The standard InChI is InChI=1S/C23H25N3O3S/c1-28-20-9-2-17(3-10-20)4-11-22(27)24-19-7-5-18(6-8-19)21-16-30-23(25-21)26-12-14-29-15-13-26/h2-3,5-10,16H,4,11-15H2,1H3,(H,24,27). The Labute approximate surface area is 180 Å². The number of nitrogens with one attached hydrogen (secondary N) is 1. The van der Waals surface area contributed by atoms with Gasteiger partial charge in [0.1, 0.15) is 5.75 Å². The highest BCUT2D eigenvalue weighted by molar-refractivity contribution is 7.14. The van der Waals surface area contributed by atoms with Crippen LogP contribution in [0.3, 0.4) is 0 Å². The van der Waals surface area contributed by atoms with Crippen LogP contribution in [0.2, 0.25) is 0 Å². The second-order valence-electron chi connectivity index (χ2n) is 7.09. The molecule has 4 rings (SSSR count). The van der Waals surface area contributed by atoms with E-state index in [1.165, 1.54) is 0 Å². The summed E-state index contributed by atoms with van der Waals surface area (Å²) in [7, 11) is 1.64. The van der Waals surface area contributed by atoms with Crippen LogP contribution in [0.15, 0.2) is 53.9 Å². The normalized spacial score (nSPS) is 13.8. The van der Waals surface area contributed by atoms with E-state index in [1.807, 2.05) is 48.5 Å². The van der Waals surface area contributed by atoms with Crippen LogP contribution in [0, 0.1) is 0 Å². The molecule has 3 aromatic rings.